The quantitative estimate of drug-likeness (QED) is 0.597. The van der Waals surface area contributed by atoms with Crippen LogP contribution in [0.2, 0.25) is 0 Å². The Morgan fingerprint density at radius 3 is 2.23 bits per heavy atom. The van der Waals surface area contributed by atoms with Crippen molar-refractivity contribution in [2.24, 2.45) is 0 Å². The zero-order valence-corrected chi connectivity index (χ0v) is 9.71. The standard InChI is InChI=1S/C7H8Br2O4/c8-3-5(9)1-4(7(12)13)2-6(10)11/h2,5H,1,3H2,(H,10,11)(H,12,13). The molecule has 74 valence electrons. The van der Waals surface area contributed by atoms with Gasteiger partial charge in [0.15, 0.2) is 0 Å². The SMILES string of the molecule is O=C(O)C=C(CC(Br)CBr)C(=O)O. The molecule has 0 fully saturated rings. The Bertz CT molecular complexity index is 237. The fraction of sp³-hybridized carbons (Fsp3) is 0.429. The van der Waals surface area contributed by atoms with E-state index < -0.39 is 11.9 Å². The van der Waals surface area contributed by atoms with Crippen molar-refractivity contribution < 1.29 is 19.8 Å². The van der Waals surface area contributed by atoms with Gasteiger partial charge in [0.2, 0.25) is 0 Å². The molecule has 0 saturated heterocycles. The fourth-order valence-corrected chi connectivity index (χ4v) is 1.23. The molecule has 0 bridgehead atoms. The minimum Gasteiger partial charge on any atom is -0.478 e. The Hall–Kier alpha value is -0.360. The number of carboxylic acid groups (broad SMARTS) is 2. The molecule has 0 aliphatic carbocycles. The van der Waals surface area contributed by atoms with Crippen LogP contribution in [-0.4, -0.2) is 32.3 Å². The Labute approximate surface area is 91.9 Å². The third-order valence-corrected chi connectivity index (χ3v) is 3.48. The fourth-order valence-electron chi connectivity index (χ4n) is 0.650. The second kappa shape index (κ2) is 6.15. The largest absolute Gasteiger partial charge is 0.478 e. The third kappa shape index (κ3) is 5.81. The molecule has 0 spiro atoms. The summed E-state index contributed by atoms with van der Waals surface area (Å²) >= 11 is 6.34. The monoisotopic (exact) mass is 314 g/mol. The summed E-state index contributed by atoms with van der Waals surface area (Å²) in [4.78, 5) is 20.7. The van der Waals surface area contributed by atoms with Crippen molar-refractivity contribution in [3.8, 4) is 0 Å². The summed E-state index contributed by atoms with van der Waals surface area (Å²) in [6.45, 7) is 0. The number of alkyl halides is 2. The van der Waals surface area contributed by atoms with Crippen LogP contribution < -0.4 is 0 Å². The van der Waals surface area contributed by atoms with Crippen molar-refractivity contribution in [2.75, 3.05) is 5.33 Å². The zero-order chi connectivity index (χ0) is 10.4. The van der Waals surface area contributed by atoms with Gasteiger partial charge >= 0.3 is 11.9 Å². The smallest absolute Gasteiger partial charge is 0.331 e. The van der Waals surface area contributed by atoms with Gasteiger partial charge in [-0.3, -0.25) is 0 Å². The molecule has 1 unspecified atom stereocenters. The molecule has 0 rings (SSSR count). The lowest BCUT2D eigenvalue weighted by molar-refractivity contribution is -0.135. The predicted octanol–water partition coefficient (Wildman–Crippen LogP) is 1.63. The Kier molecular flexibility index (Phi) is 5.98. The molecule has 0 amide bonds. The summed E-state index contributed by atoms with van der Waals surface area (Å²) in [5.41, 5.74) is -0.117. The van der Waals surface area contributed by atoms with Crippen LogP contribution >= 0.6 is 31.9 Å². The molecule has 0 aromatic carbocycles. The van der Waals surface area contributed by atoms with E-state index in [0.717, 1.165) is 0 Å². The lowest BCUT2D eigenvalue weighted by atomic mass is 10.1. The van der Waals surface area contributed by atoms with E-state index in [1.165, 1.54) is 0 Å². The number of carboxylic acids is 2. The highest BCUT2D eigenvalue weighted by Crippen LogP contribution is 2.15. The first-order valence-electron chi connectivity index (χ1n) is 3.34. The lowest BCUT2D eigenvalue weighted by Crippen LogP contribution is -2.10. The van der Waals surface area contributed by atoms with E-state index in [4.69, 9.17) is 10.2 Å². The molecule has 2 N–H and O–H groups in total. The van der Waals surface area contributed by atoms with E-state index in [9.17, 15) is 9.59 Å². The maximum absolute atomic E-state index is 10.5. The second-order valence-corrected chi connectivity index (χ2v) is 4.21. The van der Waals surface area contributed by atoms with Gasteiger partial charge in [0, 0.05) is 21.8 Å². The normalized spacial score (nSPS) is 13.8. The topological polar surface area (TPSA) is 74.6 Å². The number of aliphatic carboxylic acids is 2. The molecule has 0 heterocycles. The summed E-state index contributed by atoms with van der Waals surface area (Å²) in [6, 6.07) is 0. The number of hydrogen-bond acceptors (Lipinski definition) is 2. The van der Waals surface area contributed by atoms with E-state index in [2.05, 4.69) is 31.9 Å². The van der Waals surface area contributed by atoms with E-state index in [0.29, 0.717) is 11.4 Å². The van der Waals surface area contributed by atoms with Gasteiger partial charge in [0.25, 0.3) is 0 Å². The highest BCUT2D eigenvalue weighted by Gasteiger charge is 2.13. The highest BCUT2D eigenvalue weighted by molar-refractivity contribution is 9.12. The van der Waals surface area contributed by atoms with Crippen LogP contribution in [0.25, 0.3) is 0 Å². The van der Waals surface area contributed by atoms with E-state index >= 15 is 0 Å². The number of halogens is 2. The molecule has 0 radical (unpaired) electrons. The number of hydrogen-bond donors (Lipinski definition) is 2. The summed E-state index contributed by atoms with van der Waals surface area (Å²) in [6.07, 6.45) is 0.881. The first kappa shape index (κ1) is 12.6. The highest BCUT2D eigenvalue weighted by atomic mass is 79.9. The molecule has 0 aliphatic heterocycles. The van der Waals surface area contributed by atoms with Crippen molar-refractivity contribution in [3.63, 3.8) is 0 Å². The molecule has 6 heteroatoms. The van der Waals surface area contributed by atoms with Crippen LogP contribution in [0.4, 0.5) is 0 Å². The van der Waals surface area contributed by atoms with Crippen LogP contribution in [-0.2, 0) is 9.59 Å². The van der Waals surface area contributed by atoms with Crippen LogP contribution in [0.5, 0.6) is 0 Å². The second-order valence-electron chi connectivity index (χ2n) is 2.27. The minimum absolute atomic E-state index is 0.0748. The summed E-state index contributed by atoms with van der Waals surface area (Å²) in [5.74, 6) is -2.44. The first-order valence-corrected chi connectivity index (χ1v) is 5.38. The Balaban J connectivity index is 4.44. The van der Waals surface area contributed by atoms with Gasteiger partial charge in [-0.1, -0.05) is 31.9 Å². The molecule has 13 heavy (non-hydrogen) atoms. The average Bonchev–Trinajstić information content (AvgIpc) is 2.02. The van der Waals surface area contributed by atoms with E-state index in [-0.39, 0.29) is 16.8 Å². The maximum Gasteiger partial charge on any atom is 0.331 e. The minimum atomic E-state index is -1.24. The molecular weight excluding hydrogens is 308 g/mol. The summed E-state index contributed by atoms with van der Waals surface area (Å²) in [5, 5.41) is 17.5. The predicted molar refractivity (Wildman–Crippen MR) is 54.5 cm³/mol. The summed E-state index contributed by atoms with van der Waals surface area (Å²) < 4.78 is 0. The zero-order valence-electron chi connectivity index (χ0n) is 6.54. The Morgan fingerprint density at radius 2 is 1.92 bits per heavy atom. The van der Waals surface area contributed by atoms with Crippen molar-refractivity contribution in [1.29, 1.82) is 0 Å². The van der Waals surface area contributed by atoms with Crippen LogP contribution in [0.15, 0.2) is 11.6 Å². The molecular formula is C7H8Br2O4. The molecule has 0 saturated carbocycles. The first-order chi connectivity index (χ1) is 5.97. The van der Waals surface area contributed by atoms with Gasteiger partial charge in [-0.05, 0) is 6.42 Å². The van der Waals surface area contributed by atoms with Gasteiger partial charge in [-0.2, -0.15) is 0 Å². The van der Waals surface area contributed by atoms with Gasteiger partial charge in [-0.15, -0.1) is 0 Å². The van der Waals surface area contributed by atoms with Crippen LogP contribution in [0, 0.1) is 0 Å². The molecule has 4 nitrogen and oxygen atoms in total. The van der Waals surface area contributed by atoms with Crippen molar-refractivity contribution >= 4 is 43.8 Å². The molecule has 0 aliphatic rings. The number of rotatable bonds is 5. The molecule has 0 aromatic rings. The van der Waals surface area contributed by atoms with Gasteiger partial charge in [0.1, 0.15) is 0 Å². The number of carbonyl (C=O) groups is 2. The third-order valence-electron chi connectivity index (χ3n) is 1.18. The van der Waals surface area contributed by atoms with E-state index in [1.54, 1.807) is 0 Å². The van der Waals surface area contributed by atoms with Gasteiger partial charge in [-0.25, -0.2) is 9.59 Å². The lowest BCUT2D eigenvalue weighted by Gasteiger charge is -2.05. The van der Waals surface area contributed by atoms with Gasteiger partial charge < -0.3 is 10.2 Å². The average molecular weight is 316 g/mol. The van der Waals surface area contributed by atoms with Crippen molar-refractivity contribution in [1.82, 2.24) is 0 Å². The van der Waals surface area contributed by atoms with Crippen molar-refractivity contribution in [2.45, 2.75) is 11.2 Å². The van der Waals surface area contributed by atoms with Crippen molar-refractivity contribution in [3.05, 3.63) is 11.6 Å². The molecule has 0 aromatic heterocycles. The summed E-state index contributed by atoms with van der Waals surface area (Å²) in [7, 11) is 0. The molecule has 1 atom stereocenters. The maximum atomic E-state index is 10.5. The van der Waals surface area contributed by atoms with Crippen LogP contribution in [0.1, 0.15) is 6.42 Å². The Morgan fingerprint density at radius 1 is 1.38 bits per heavy atom. The van der Waals surface area contributed by atoms with E-state index in [1.807, 2.05) is 0 Å². The van der Waals surface area contributed by atoms with Crippen LogP contribution in [0.3, 0.4) is 0 Å². The van der Waals surface area contributed by atoms with Gasteiger partial charge in [0.05, 0.1) is 0 Å².